The van der Waals surface area contributed by atoms with Crippen molar-refractivity contribution < 1.29 is 9.90 Å². The van der Waals surface area contributed by atoms with E-state index in [0.717, 1.165) is 28.8 Å². The van der Waals surface area contributed by atoms with E-state index in [-0.39, 0.29) is 11.3 Å². The van der Waals surface area contributed by atoms with Gasteiger partial charge in [0.05, 0.1) is 17.3 Å². The number of carboxylic acid groups (broad SMARTS) is 1. The lowest BCUT2D eigenvalue weighted by Gasteiger charge is -2.29. The largest absolute Gasteiger partial charge is 0.480 e. The van der Waals surface area contributed by atoms with E-state index < -0.39 is 17.4 Å². The molecular formula is C28H29N5O3. The second kappa shape index (κ2) is 9.78. The van der Waals surface area contributed by atoms with Crippen LogP contribution in [0.1, 0.15) is 62.5 Å². The average Bonchev–Trinajstić information content (AvgIpc) is 3.32. The summed E-state index contributed by atoms with van der Waals surface area (Å²) >= 11 is 0. The van der Waals surface area contributed by atoms with Crippen LogP contribution in [-0.2, 0) is 17.6 Å². The number of aromatic nitrogens is 4. The highest BCUT2D eigenvalue weighted by Crippen LogP contribution is 2.31. The van der Waals surface area contributed by atoms with Gasteiger partial charge in [-0.25, -0.2) is 9.31 Å². The number of fused-ring (bicyclic) bond motifs is 1. The summed E-state index contributed by atoms with van der Waals surface area (Å²) in [6.07, 6.45) is 3.07. The van der Waals surface area contributed by atoms with Gasteiger partial charge in [0, 0.05) is 12.0 Å². The molecule has 1 N–H and O–H groups in total. The molecule has 8 heteroatoms. The van der Waals surface area contributed by atoms with Crippen molar-refractivity contribution in [2.45, 2.75) is 53.0 Å². The maximum atomic E-state index is 13.9. The minimum absolute atomic E-state index is 0.234. The van der Waals surface area contributed by atoms with Crippen molar-refractivity contribution in [2.24, 2.45) is 5.41 Å². The van der Waals surface area contributed by atoms with Gasteiger partial charge in [-0.05, 0) is 34.6 Å². The molecule has 0 radical (unpaired) electrons. The number of nitrogens with zero attached hydrogens (tertiary/aromatic N) is 5. The molecule has 36 heavy (non-hydrogen) atoms. The zero-order valence-corrected chi connectivity index (χ0v) is 20.9. The highest BCUT2D eigenvalue weighted by molar-refractivity contribution is 5.74. The first-order chi connectivity index (χ1) is 17.2. The fraction of sp³-hybridized carbons (Fsp3) is 0.321. The third-order valence-electron chi connectivity index (χ3n) is 6.32. The maximum absolute atomic E-state index is 13.9. The number of nitriles is 1. The highest BCUT2D eigenvalue weighted by Gasteiger charge is 2.36. The molecule has 1 unspecified atom stereocenters. The van der Waals surface area contributed by atoms with Gasteiger partial charge in [-0.15, -0.1) is 0 Å². The summed E-state index contributed by atoms with van der Waals surface area (Å²) in [4.78, 5) is 30.5. The lowest BCUT2D eigenvalue weighted by molar-refractivity contribution is -0.144. The van der Waals surface area contributed by atoms with Crippen LogP contribution in [0, 0.1) is 16.7 Å². The van der Waals surface area contributed by atoms with Gasteiger partial charge in [-0.2, -0.15) is 15.3 Å². The van der Waals surface area contributed by atoms with Crippen LogP contribution in [0.4, 0.5) is 0 Å². The molecule has 0 spiro atoms. The number of aliphatic carboxylic acids is 1. The molecule has 2 aromatic heterocycles. The van der Waals surface area contributed by atoms with Crippen LogP contribution in [0.15, 0.2) is 59.7 Å². The lowest BCUT2D eigenvalue weighted by Crippen LogP contribution is -2.41. The molecule has 2 heterocycles. The Morgan fingerprint density at radius 2 is 1.83 bits per heavy atom. The quantitative estimate of drug-likeness (QED) is 0.410. The second-order valence-corrected chi connectivity index (χ2v) is 9.96. The van der Waals surface area contributed by atoms with E-state index in [9.17, 15) is 20.0 Å². The summed E-state index contributed by atoms with van der Waals surface area (Å²) < 4.78 is 2.89. The molecule has 2 aromatic carbocycles. The van der Waals surface area contributed by atoms with Crippen LogP contribution in [-0.4, -0.2) is 30.2 Å². The molecule has 0 aliphatic carbocycles. The maximum Gasteiger partial charge on any atom is 0.327 e. The summed E-state index contributed by atoms with van der Waals surface area (Å²) in [6, 6.07) is 16.3. The Kier molecular flexibility index (Phi) is 6.75. The van der Waals surface area contributed by atoms with E-state index >= 15 is 0 Å². The molecule has 0 saturated heterocycles. The first-order valence-corrected chi connectivity index (χ1v) is 11.9. The summed E-state index contributed by atoms with van der Waals surface area (Å²) in [5.41, 5.74) is 3.40. The van der Waals surface area contributed by atoms with Gasteiger partial charge in [-0.3, -0.25) is 9.36 Å². The molecule has 4 aromatic rings. The van der Waals surface area contributed by atoms with Crippen molar-refractivity contribution in [3.63, 3.8) is 0 Å². The summed E-state index contributed by atoms with van der Waals surface area (Å²) in [5, 5.41) is 23.9. The molecule has 184 valence electrons. The standard InChI is InChI=1S/C28H29N5O3/c1-5-8-23-22(15-18-11-13-19(14-12-18)21-10-7-6-9-20(21)16-29)25(34)32(27-30-17-31-33(23)27)24(26(35)36)28(2,3)4/h6-7,9-14,17,24H,5,8,15H2,1-4H3,(H,35,36). The van der Waals surface area contributed by atoms with Gasteiger partial charge in [-0.1, -0.05) is 76.6 Å². The fourth-order valence-corrected chi connectivity index (χ4v) is 4.69. The lowest BCUT2D eigenvalue weighted by atomic mass is 9.86. The van der Waals surface area contributed by atoms with Crippen molar-refractivity contribution in [3.05, 3.63) is 87.6 Å². The normalized spacial score (nSPS) is 12.4. The van der Waals surface area contributed by atoms with Crippen molar-refractivity contribution in [2.75, 3.05) is 0 Å². The topological polar surface area (TPSA) is 113 Å². The number of hydrogen-bond acceptors (Lipinski definition) is 5. The van der Waals surface area contributed by atoms with Crippen molar-refractivity contribution in [3.8, 4) is 17.2 Å². The van der Waals surface area contributed by atoms with Crippen molar-refractivity contribution in [1.82, 2.24) is 19.2 Å². The number of carbonyl (C=O) groups is 1. The highest BCUT2D eigenvalue weighted by atomic mass is 16.4. The molecular weight excluding hydrogens is 454 g/mol. The summed E-state index contributed by atoms with van der Waals surface area (Å²) in [6.45, 7) is 7.41. The summed E-state index contributed by atoms with van der Waals surface area (Å²) in [5.74, 6) is -0.859. The van der Waals surface area contributed by atoms with Crippen LogP contribution in [0.3, 0.4) is 0 Å². The molecule has 0 aliphatic rings. The first kappa shape index (κ1) is 24.9. The monoisotopic (exact) mass is 483 g/mol. The van der Waals surface area contributed by atoms with E-state index in [2.05, 4.69) is 16.2 Å². The van der Waals surface area contributed by atoms with E-state index in [1.165, 1.54) is 10.9 Å². The van der Waals surface area contributed by atoms with Crippen molar-refractivity contribution in [1.29, 1.82) is 5.26 Å². The predicted molar refractivity (Wildman–Crippen MR) is 137 cm³/mol. The van der Waals surface area contributed by atoms with Gasteiger partial charge in [0.1, 0.15) is 12.4 Å². The average molecular weight is 484 g/mol. The third-order valence-corrected chi connectivity index (χ3v) is 6.32. The Balaban J connectivity index is 1.86. The molecule has 0 fully saturated rings. The molecule has 4 rings (SSSR count). The zero-order chi connectivity index (χ0) is 26.0. The molecule has 0 aliphatic heterocycles. The molecule has 1 atom stereocenters. The number of carboxylic acids is 1. The van der Waals surface area contributed by atoms with E-state index in [4.69, 9.17) is 0 Å². The van der Waals surface area contributed by atoms with Crippen LogP contribution in [0.2, 0.25) is 0 Å². The summed E-state index contributed by atoms with van der Waals surface area (Å²) in [7, 11) is 0. The van der Waals surface area contributed by atoms with Crippen LogP contribution < -0.4 is 5.56 Å². The molecule has 0 bridgehead atoms. The van der Waals surface area contributed by atoms with E-state index in [1.54, 1.807) is 31.4 Å². The Bertz CT molecular complexity index is 1520. The van der Waals surface area contributed by atoms with E-state index in [1.807, 2.05) is 49.4 Å². The fourth-order valence-electron chi connectivity index (χ4n) is 4.69. The van der Waals surface area contributed by atoms with Crippen LogP contribution >= 0.6 is 0 Å². The second-order valence-electron chi connectivity index (χ2n) is 9.96. The Hall–Kier alpha value is -4.25. The predicted octanol–water partition coefficient (Wildman–Crippen LogP) is 4.64. The number of rotatable bonds is 7. The zero-order valence-electron chi connectivity index (χ0n) is 20.9. The Labute approximate surface area is 209 Å². The number of hydrogen-bond donors (Lipinski definition) is 1. The van der Waals surface area contributed by atoms with Crippen molar-refractivity contribution >= 4 is 11.7 Å². The van der Waals surface area contributed by atoms with Crippen LogP contribution in [0.5, 0.6) is 0 Å². The van der Waals surface area contributed by atoms with E-state index in [0.29, 0.717) is 24.0 Å². The first-order valence-electron chi connectivity index (χ1n) is 11.9. The third kappa shape index (κ3) is 4.52. The Morgan fingerprint density at radius 1 is 1.14 bits per heavy atom. The van der Waals surface area contributed by atoms with Gasteiger partial charge in [0.25, 0.3) is 5.56 Å². The minimum Gasteiger partial charge on any atom is -0.480 e. The Morgan fingerprint density at radius 3 is 2.44 bits per heavy atom. The SMILES string of the molecule is CCCc1c(Cc2ccc(-c3ccccc3C#N)cc2)c(=O)n(C(C(=O)O)C(C)(C)C)c2ncnn12. The van der Waals surface area contributed by atoms with Gasteiger partial charge in [0.2, 0.25) is 5.78 Å². The number of aryl methyl sites for hydroxylation is 1. The van der Waals surface area contributed by atoms with Crippen LogP contribution in [0.25, 0.3) is 16.9 Å². The molecule has 0 amide bonds. The smallest absolute Gasteiger partial charge is 0.327 e. The van der Waals surface area contributed by atoms with Gasteiger partial charge < -0.3 is 5.11 Å². The molecule has 0 saturated carbocycles. The number of benzene rings is 2. The van der Waals surface area contributed by atoms with Gasteiger partial charge in [0.15, 0.2) is 0 Å². The minimum atomic E-state index is -1.11. The van der Waals surface area contributed by atoms with Gasteiger partial charge >= 0.3 is 5.97 Å². The molecule has 8 nitrogen and oxygen atoms in total.